The van der Waals surface area contributed by atoms with Crippen molar-refractivity contribution >= 4 is 37.1 Å². The van der Waals surface area contributed by atoms with Crippen LogP contribution in [0, 0.1) is 0 Å². The highest BCUT2D eigenvalue weighted by Gasteiger charge is 2.45. The molecule has 0 aliphatic heterocycles. The van der Waals surface area contributed by atoms with Gasteiger partial charge in [-0.05, 0) is 76.6 Å². The standard InChI is InChI=1S/C26H52O6Si3/c1-11-18-33(8,21-14-16-29-25(27)23(4)5)31-35(10,20-13-3)32-34(9,19-12-2)22-15-17-30-26(28)24(6)7/h4,6,11-22H2,1-3,5,7-10H3. The number of hydrogen-bond donors (Lipinski definition) is 0. The van der Waals surface area contributed by atoms with Crippen molar-refractivity contribution in [3.05, 3.63) is 24.3 Å². The molecule has 9 heteroatoms. The van der Waals surface area contributed by atoms with E-state index in [2.05, 4.69) is 53.6 Å². The Morgan fingerprint density at radius 1 is 0.629 bits per heavy atom. The molecule has 6 nitrogen and oxygen atoms in total. The van der Waals surface area contributed by atoms with Crippen LogP contribution < -0.4 is 0 Å². The summed E-state index contributed by atoms with van der Waals surface area (Å²) in [5.41, 5.74) is 0.862. The Morgan fingerprint density at radius 2 is 0.971 bits per heavy atom. The van der Waals surface area contributed by atoms with Crippen molar-refractivity contribution in [3.63, 3.8) is 0 Å². The summed E-state index contributed by atoms with van der Waals surface area (Å²) in [6, 6.07) is 5.01. The predicted molar refractivity (Wildman–Crippen MR) is 153 cm³/mol. The molecular weight excluding hydrogens is 493 g/mol. The second-order valence-corrected chi connectivity index (χ2v) is 22.7. The molecule has 2 unspecified atom stereocenters. The third-order valence-electron chi connectivity index (χ3n) is 6.05. The molecule has 0 saturated carbocycles. The van der Waals surface area contributed by atoms with E-state index >= 15 is 0 Å². The Bertz CT molecular complexity index is 647. The van der Waals surface area contributed by atoms with Gasteiger partial charge in [0.05, 0.1) is 13.2 Å². The van der Waals surface area contributed by atoms with Crippen LogP contribution in [0.25, 0.3) is 0 Å². The molecule has 0 N–H and O–H groups in total. The molecule has 0 bridgehead atoms. The first-order valence-electron chi connectivity index (χ1n) is 13.3. The SMILES string of the molecule is C=C(C)C(=O)OCCC[Si](C)(CCC)O[Si](C)(CCC)O[Si](C)(CCC)CCCOC(=O)C(=C)C. The quantitative estimate of drug-likeness (QED) is 0.0684. The monoisotopic (exact) mass is 544 g/mol. The third kappa shape index (κ3) is 14.3. The molecule has 0 aromatic heterocycles. The van der Waals surface area contributed by atoms with Crippen LogP contribution >= 0.6 is 0 Å². The van der Waals surface area contributed by atoms with Gasteiger partial charge in [-0.3, -0.25) is 0 Å². The summed E-state index contributed by atoms with van der Waals surface area (Å²) in [4.78, 5) is 23.4. The lowest BCUT2D eigenvalue weighted by Gasteiger charge is -2.43. The first-order valence-corrected chi connectivity index (χ1v) is 21.5. The maximum absolute atomic E-state index is 11.7. The molecule has 0 radical (unpaired) electrons. The molecule has 204 valence electrons. The molecule has 0 aromatic rings. The van der Waals surface area contributed by atoms with E-state index in [9.17, 15) is 9.59 Å². The lowest BCUT2D eigenvalue weighted by molar-refractivity contribution is -0.139. The molecule has 0 fully saturated rings. The minimum absolute atomic E-state index is 0.325. The number of carbonyl (C=O) groups excluding carboxylic acids is 2. The first kappa shape index (κ1) is 34.0. The number of rotatable bonds is 20. The van der Waals surface area contributed by atoms with Crippen molar-refractivity contribution in [2.75, 3.05) is 13.2 Å². The van der Waals surface area contributed by atoms with Crippen LogP contribution in [0.15, 0.2) is 24.3 Å². The first-order chi connectivity index (χ1) is 16.3. The fraction of sp³-hybridized carbons (Fsp3) is 0.769. The lowest BCUT2D eigenvalue weighted by Crippen LogP contribution is -2.56. The summed E-state index contributed by atoms with van der Waals surface area (Å²) in [5, 5.41) is 0. The summed E-state index contributed by atoms with van der Waals surface area (Å²) in [6.45, 7) is 24.9. The second-order valence-electron chi connectivity index (χ2n) is 10.5. The van der Waals surface area contributed by atoms with Crippen molar-refractivity contribution in [1.82, 2.24) is 0 Å². The lowest BCUT2D eigenvalue weighted by atomic mass is 10.4. The molecule has 0 aliphatic rings. The zero-order chi connectivity index (χ0) is 27.1. The van der Waals surface area contributed by atoms with Crippen molar-refractivity contribution in [2.24, 2.45) is 0 Å². The molecule has 0 heterocycles. The van der Waals surface area contributed by atoms with Crippen LogP contribution in [0.2, 0.25) is 49.9 Å². The minimum atomic E-state index is -2.41. The predicted octanol–water partition coefficient (Wildman–Crippen LogP) is 7.49. The smallest absolute Gasteiger partial charge is 0.333 e. The molecule has 0 rings (SSSR count). The molecule has 2 atom stereocenters. The number of ether oxygens (including phenoxy) is 2. The summed E-state index contributed by atoms with van der Waals surface area (Å²) in [5.74, 6) is -0.651. The van der Waals surface area contributed by atoms with E-state index in [-0.39, 0.29) is 11.9 Å². The van der Waals surface area contributed by atoms with Crippen LogP contribution in [0.1, 0.15) is 66.7 Å². The topological polar surface area (TPSA) is 71.1 Å². The maximum Gasteiger partial charge on any atom is 0.333 e. The maximum atomic E-state index is 11.7. The fourth-order valence-electron chi connectivity index (χ4n) is 4.60. The van der Waals surface area contributed by atoms with Gasteiger partial charge in [0.1, 0.15) is 0 Å². The van der Waals surface area contributed by atoms with Crippen LogP contribution in [0.4, 0.5) is 0 Å². The zero-order valence-electron chi connectivity index (χ0n) is 23.8. The highest BCUT2D eigenvalue weighted by Crippen LogP contribution is 2.34. The summed E-state index contributed by atoms with van der Waals surface area (Å²) in [6.07, 6.45) is 4.78. The molecule has 0 aromatic carbocycles. The van der Waals surface area contributed by atoms with Crippen LogP contribution in [0.3, 0.4) is 0 Å². The Kier molecular flexibility index (Phi) is 16.2. The normalized spacial score (nSPS) is 16.5. The summed E-state index contributed by atoms with van der Waals surface area (Å²) >= 11 is 0. The van der Waals surface area contributed by atoms with E-state index in [1.165, 1.54) is 0 Å². The van der Waals surface area contributed by atoms with Gasteiger partial charge in [0.2, 0.25) is 0 Å². The molecule has 0 aliphatic carbocycles. The van der Waals surface area contributed by atoms with Gasteiger partial charge in [-0.2, -0.15) is 0 Å². The van der Waals surface area contributed by atoms with Crippen molar-refractivity contribution in [2.45, 2.75) is 117 Å². The van der Waals surface area contributed by atoms with Gasteiger partial charge in [-0.1, -0.05) is 53.2 Å². The van der Waals surface area contributed by atoms with Crippen LogP contribution in [0.5, 0.6) is 0 Å². The van der Waals surface area contributed by atoms with Gasteiger partial charge in [-0.25, -0.2) is 9.59 Å². The van der Waals surface area contributed by atoms with Gasteiger partial charge in [0.25, 0.3) is 0 Å². The van der Waals surface area contributed by atoms with Gasteiger partial charge in [0.15, 0.2) is 16.6 Å². The summed E-state index contributed by atoms with van der Waals surface area (Å²) in [7, 11) is -6.50. The molecular formula is C26H52O6Si3. The van der Waals surface area contributed by atoms with E-state index in [1.54, 1.807) is 13.8 Å². The van der Waals surface area contributed by atoms with Crippen LogP contribution in [-0.4, -0.2) is 50.3 Å². The minimum Gasteiger partial charge on any atom is -0.462 e. The van der Waals surface area contributed by atoms with E-state index in [0.717, 1.165) is 62.3 Å². The molecule has 0 spiro atoms. The zero-order valence-corrected chi connectivity index (χ0v) is 26.8. The Labute approximate surface area is 218 Å². The Balaban J connectivity index is 5.34. The van der Waals surface area contributed by atoms with E-state index in [0.29, 0.717) is 24.4 Å². The third-order valence-corrected chi connectivity index (χ3v) is 20.8. The Hall–Kier alpha value is -1.01. The summed E-state index contributed by atoms with van der Waals surface area (Å²) < 4.78 is 24.9. The second kappa shape index (κ2) is 16.7. The van der Waals surface area contributed by atoms with Gasteiger partial charge in [0, 0.05) is 11.1 Å². The molecule has 0 saturated heterocycles. The number of carbonyl (C=O) groups is 2. The Morgan fingerprint density at radius 3 is 1.26 bits per heavy atom. The van der Waals surface area contributed by atoms with Gasteiger partial charge >= 0.3 is 20.5 Å². The largest absolute Gasteiger partial charge is 0.462 e. The van der Waals surface area contributed by atoms with E-state index < -0.39 is 25.2 Å². The van der Waals surface area contributed by atoms with E-state index in [1.807, 2.05) is 0 Å². The number of hydrogen-bond acceptors (Lipinski definition) is 6. The average molecular weight is 545 g/mol. The van der Waals surface area contributed by atoms with Gasteiger partial charge in [-0.15, -0.1) is 0 Å². The molecule has 35 heavy (non-hydrogen) atoms. The van der Waals surface area contributed by atoms with Crippen molar-refractivity contribution in [3.8, 4) is 0 Å². The highest BCUT2D eigenvalue weighted by molar-refractivity contribution is 6.89. The van der Waals surface area contributed by atoms with E-state index in [4.69, 9.17) is 17.7 Å². The average Bonchev–Trinajstić information content (AvgIpc) is 2.73. The van der Waals surface area contributed by atoms with Crippen molar-refractivity contribution < 1.29 is 27.3 Å². The fourth-order valence-corrected chi connectivity index (χ4v) is 21.2. The van der Waals surface area contributed by atoms with Crippen LogP contribution in [-0.2, 0) is 27.3 Å². The molecule has 0 amide bonds. The highest BCUT2D eigenvalue weighted by atomic mass is 28.5. The van der Waals surface area contributed by atoms with Crippen molar-refractivity contribution in [1.29, 1.82) is 0 Å². The van der Waals surface area contributed by atoms with Gasteiger partial charge < -0.3 is 17.7 Å². The number of esters is 2.